The molecule has 0 aliphatic carbocycles. The highest BCUT2D eigenvalue weighted by Crippen LogP contribution is 2.26. The van der Waals surface area contributed by atoms with Crippen LogP contribution in [0, 0.1) is 13.8 Å². The largest absolute Gasteiger partial charge is 0.310 e. The van der Waals surface area contributed by atoms with Crippen LogP contribution in [0.4, 0.5) is 5.82 Å². The van der Waals surface area contributed by atoms with Gasteiger partial charge in [-0.15, -0.1) is 11.8 Å². The van der Waals surface area contributed by atoms with E-state index in [1.165, 1.54) is 22.9 Å². The summed E-state index contributed by atoms with van der Waals surface area (Å²) in [6, 6.07) is 9.89. The molecule has 1 aromatic carbocycles. The minimum absolute atomic E-state index is 0.0940. The zero-order valence-electron chi connectivity index (χ0n) is 16.9. The highest BCUT2D eigenvalue weighted by Gasteiger charge is 2.22. The van der Waals surface area contributed by atoms with E-state index in [0.717, 1.165) is 10.6 Å². The van der Waals surface area contributed by atoms with Gasteiger partial charge < -0.3 is 5.32 Å². The molecular formula is C21H25N5OS. The van der Waals surface area contributed by atoms with E-state index in [1.807, 2.05) is 6.07 Å². The Balaban J connectivity index is 1.80. The Morgan fingerprint density at radius 1 is 1.14 bits per heavy atom. The second-order valence-corrected chi connectivity index (χ2v) is 8.75. The summed E-state index contributed by atoms with van der Waals surface area (Å²) in [4.78, 5) is 22.2. The molecule has 0 fully saturated rings. The van der Waals surface area contributed by atoms with E-state index >= 15 is 0 Å². The topological polar surface area (TPSA) is 72.7 Å². The van der Waals surface area contributed by atoms with Crippen LogP contribution in [-0.4, -0.2) is 31.4 Å². The number of rotatable bonds is 5. The van der Waals surface area contributed by atoms with Gasteiger partial charge in [-0.25, -0.2) is 9.97 Å². The van der Waals surface area contributed by atoms with Crippen molar-refractivity contribution in [2.24, 2.45) is 0 Å². The molecule has 0 saturated heterocycles. The van der Waals surface area contributed by atoms with Crippen molar-refractivity contribution in [1.82, 2.24) is 19.7 Å². The molecule has 0 aliphatic rings. The lowest BCUT2D eigenvalue weighted by atomic mass is 9.92. The maximum Gasteiger partial charge on any atom is 0.252 e. The first-order valence-corrected chi connectivity index (χ1v) is 10.1. The fourth-order valence-corrected chi connectivity index (χ4v) is 3.50. The number of aryl methyl sites for hydroxylation is 2. The molecule has 0 bridgehead atoms. The molecule has 0 atom stereocenters. The summed E-state index contributed by atoms with van der Waals surface area (Å²) in [6.07, 6.45) is 3.31. The monoisotopic (exact) mass is 395 g/mol. The molecule has 0 unspecified atom stereocenters. The number of nitrogens with zero attached hydrogens (tertiary/aromatic N) is 4. The van der Waals surface area contributed by atoms with Crippen molar-refractivity contribution in [1.29, 1.82) is 0 Å². The first kappa shape index (κ1) is 20.1. The van der Waals surface area contributed by atoms with Gasteiger partial charge >= 0.3 is 0 Å². The molecule has 0 spiro atoms. The lowest BCUT2D eigenvalue weighted by molar-refractivity contribution is -0.113. The predicted molar refractivity (Wildman–Crippen MR) is 113 cm³/mol. The van der Waals surface area contributed by atoms with E-state index in [1.54, 1.807) is 23.1 Å². The molecule has 2 heterocycles. The van der Waals surface area contributed by atoms with Crippen LogP contribution in [0.2, 0.25) is 0 Å². The first-order valence-electron chi connectivity index (χ1n) is 9.12. The first-order chi connectivity index (χ1) is 13.2. The molecule has 0 radical (unpaired) electrons. The standard InChI is InChI=1S/C21H25N5OS/c1-14-7-8-15(2)16(11-14)28-13-19(27)24-18-12-17(21(3,4)5)25-26(18)20-22-9-6-10-23-20/h6-12H,13H2,1-5H3,(H,24,27). The molecule has 146 valence electrons. The highest BCUT2D eigenvalue weighted by molar-refractivity contribution is 8.00. The molecule has 0 saturated carbocycles. The van der Waals surface area contributed by atoms with Crippen molar-refractivity contribution < 1.29 is 4.79 Å². The summed E-state index contributed by atoms with van der Waals surface area (Å²) in [7, 11) is 0. The number of carbonyl (C=O) groups excluding carboxylic acids is 1. The average molecular weight is 396 g/mol. The molecular weight excluding hydrogens is 370 g/mol. The SMILES string of the molecule is Cc1ccc(C)c(SCC(=O)Nc2cc(C(C)(C)C)nn2-c2ncccn2)c1. The second-order valence-electron chi connectivity index (χ2n) is 7.73. The number of carbonyl (C=O) groups is 1. The summed E-state index contributed by atoms with van der Waals surface area (Å²) in [5, 5.41) is 7.59. The van der Waals surface area contributed by atoms with E-state index in [-0.39, 0.29) is 11.3 Å². The number of nitrogens with one attached hydrogen (secondary N) is 1. The molecule has 1 amide bonds. The zero-order chi connectivity index (χ0) is 20.3. The molecule has 28 heavy (non-hydrogen) atoms. The summed E-state index contributed by atoms with van der Waals surface area (Å²) in [5.41, 5.74) is 3.05. The summed E-state index contributed by atoms with van der Waals surface area (Å²) in [5.74, 6) is 1.22. The summed E-state index contributed by atoms with van der Waals surface area (Å²) in [6.45, 7) is 10.3. The Bertz CT molecular complexity index is 976. The van der Waals surface area contributed by atoms with Gasteiger partial charge in [-0.3, -0.25) is 4.79 Å². The molecule has 1 N–H and O–H groups in total. The summed E-state index contributed by atoms with van der Waals surface area (Å²) >= 11 is 1.53. The zero-order valence-corrected chi connectivity index (χ0v) is 17.7. The van der Waals surface area contributed by atoms with E-state index in [2.05, 4.69) is 73.2 Å². The Morgan fingerprint density at radius 2 is 1.86 bits per heavy atom. The van der Waals surface area contributed by atoms with Crippen LogP contribution in [0.25, 0.3) is 5.95 Å². The third kappa shape index (κ3) is 4.78. The van der Waals surface area contributed by atoms with Crippen molar-refractivity contribution in [2.45, 2.75) is 44.9 Å². The second kappa shape index (κ2) is 8.14. The van der Waals surface area contributed by atoms with Gasteiger partial charge in [-0.2, -0.15) is 9.78 Å². The fraction of sp³-hybridized carbons (Fsp3) is 0.333. The normalized spacial score (nSPS) is 11.5. The molecule has 3 aromatic rings. The van der Waals surface area contributed by atoms with Gasteiger partial charge in [0.15, 0.2) is 0 Å². The van der Waals surface area contributed by atoms with Gasteiger partial charge in [-0.05, 0) is 31.5 Å². The minimum atomic E-state index is -0.160. The van der Waals surface area contributed by atoms with E-state index < -0.39 is 0 Å². The Labute approximate surface area is 169 Å². The smallest absolute Gasteiger partial charge is 0.252 e. The van der Waals surface area contributed by atoms with Crippen molar-refractivity contribution in [3.05, 3.63) is 59.5 Å². The molecule has 0 aliphatic heterocycles. The van der Waals surface area contributed by atoms with Crippen LogP contribution in [-0.2, 0) is 10.2 Å². The number of amides is 1. The number of anilines is 1. The third-order valence-corrected chi connectivity index (χ3v) is 5.35. The van der Waals surface area contributed by atoms with Crippen LogP contribution < -0.4 is 5.32 Å². The maximum atomic E-state index is 12.6. The molecule has 6 nitrogen and oxygen atoms in total. The lowest BCUT2D eigenvalue weighted by Crippen LogP contribution is -2.17. The predicted octanol–water partition coefficient (Wildman–Crippen LogP) is 4.31. The van der Waals surface area contributed by atoms with Crippen LogP contribution >= 0.6 is 11.8 Å². The van der Waals surface area contributed by atoms with E-state index in [9.17, 15) is 4.79 Å². The number of hydrogen-bond acceptors (Lipinski definition) is 5. The maximum absolute atomic E-state index is 12.6. The van der Waals surface area contributed by atoms with E-state index in [0.29, 0.717) is 17.5 Å². The van der Waals surface area contributed by atoms with Gasteiger partial charge in [0.1, 0.15) is 5.82 Å². The fourth-order valence-electron chi connectivity index (χ4n) is 2.57. The van der Waals surface area contributed by atoms with Crippen LogP contribution in [0.3, 0.4) is 0 Å². The Hall–Kier alpha value is -2.67. The van der Waals surface area contributed by atoms with Gasteiger partial charge in [0.2, 0.25) is 5.91 Å². The molecule has 3 rings (SSSR count). The lowest BCUT2D eigenvalue weighted by Gasteiger charge is -2.13. The Morgan fingerprint density at radius 3 is 2.54 bits per heavy atom. The van der Waals surface area contributed by atoms with Crippen molar-refractivity contribution in [2.75, 3.05) is 11.1 Å². The number of benzene rings is 1. The number of thioether (sulfide) groups is 1. The Kier molecular flexibility index (Phi) is 5.84. The van der Waals surface area contributed by atoms with Crippen LogP contribution in [0.1, 0.15) is 37.6 Å². The third-order valence-electron chi connectivity index (χ3n) is 4.19. The van der Waals surface area contributed by atoms with Crippen LogP contribution in [0.15, 0.2) is 47.6 Å². The van der Waals surface area contributed by atoms with Gasteiger partial charge in [0.25, 0.3) is 5.95 Å². The average Bonchev–Trinajstić information content (AvgIpc) is 3.07. The van der Waals surface area contributed by atoms with Gasteiger partial charge in [0.05, 0.1) is 11.4 Å². The molecule has 7 heteroatoms. The number of hydrogen-bond donors (Lipinski definition) is 1. The summed E-state index contributed by atoms with van der Waals surface area (Å²) < 4.78 is 1.58. The van der Waals surface area contributed by atoms with E-state index in [4.69, 9.17) is 0 Å². The van der Waals surface area contributed by atoms with Crippen molar-refractivity contribution in [3.63, 3.8) is 0 Å². The van der Waals surface area contributed by atoms with Crippen molar-refractivity contribution in [3.8, 4) is 5.95 Å². The van der Waals surface area contributed by atoms with Crippen molar-refractivity contribution >= 4 is 23.5 Å². The minimum Gasteiger partial charge on any atom is -0.310 e. The van der Waals surface area contributed by atoms with Crippen LogP contribution in [0.5, 0.6) is 0 Å². The molecule has 2 aromatic heterocycles. The van der Waals surface area contributed by atoms with Gasteiger partial charge in [-0.1, -0.05) is 38.5 Å². The quantitative estimate of drug-likeness (QED) is 0.652. The number of aromatic nitrogens is 4. The highest BCUT2D eigenvalue weighted by atomic mass is 32.2. The van der Waals surface area contributed by atoms with Gasteiger partial charge in [0, 0.05) is 28.8 Å².